The molecule has 1 aliphatic heterocycles. The minimum absolute atomic E-state index is 0.0312. The van der Waals surface area contributed by atoms with Gasteiger partial charge in [-0.05, 0) is 32.1 Å². The molecule has 0 bridgehead atoms. The van der Waals surface area contributed by atoms with E-state index in [1.807, 2.05) is 0 Å². The average molecular weight is 260 g/mol. The van der Waals surface area contributed by atoms with Gasteiger partial charge in [0.25, 0.3) is 0 Å². The molecule has 1 saturated heterocycles. The average Bonchev–Trinajstić information content (AvgIpc) is 3.09. The van der Waals surface area contributed by atoms with Crippen LogP contribution in [0.25, 0.3) is 0 Å². The molecule has 0 atom stereocenters. The lowest BCUT2D eigenvalue weighted by molar-refractivity contribution is -0.132. The van der Waals surface area contributed by atoms with Crippen LogP contribution in [0.3, 0.4) is 0 Å². The second-order valence-corrected chi connectivity index (χ2v) is 6.92. The van der Waals surface area contributed by atoms with Gasteiger partial charge in [0.2, 0.25) is 15.9 Å². The van der Waals surface area contributed by atoms with Gasteiger partial charge in [-0.1, -0.05) is 0 Å². The molecule has 17 heavy (non-hydrogen) atoms. The van der Waals surface area contributed by atoms with Crippen LogP contribution in [0.5, 0.6) is 0 Å². The van der Waals surface area contributed by atoms with Crippen molar-refractivity contribution < 1.29 is 13.2 Å². The molecule has 0 aromatic carbocycles. The molecule has 2 aliphatic rings. The van der Waals surface area contributed by atoms with E-state index in [9.17, 15) is 13.2 Å². The number of rotatable bonds is 4. The highest BCUT2D eigenvalue weighted by Crippen LogP contribution is 2.28. The van der Waals surface area contributed by atoms with Crippen molar-refractivity contribution in [3.63, 3.8) is 0 Å². The van der Waals surface area contributed by atoms with Crippen molar-refractivity contribution in [2.24, 2.45) is 0 Å². The summed E-state index contributed by atoms with van der Waals surface area (Å²) in [7, 11) is -3.25. The predicted molar refractivity (Wildman–Crippen MR) is 65.0 cm³/mol. The van der Waals surface area contributed by atoms with E-state index in [2.05, 4.69) is 0 Å². The predicted octanol–water partition coefficient (Wildman–Crippen LogP) is 0.423. The van der Waals surface area contributed by atoms with E-state index in [0.717, 1.165) is 38.8 Å². The molecule has 1 saturated carbocycles. The second kappa shape index (κ2) is 4.94. The number of nitrogens with zero attached hydrogens (tertiary/aromatic N) is 2. The Morgan fingerprint density at radius 3 is 2.29 bits per heavy atom. The third-order valence-corrected chi connectivity index (χ3v) is 4.66. The van der Waals surface area contributed by atoms with Gasteiger partial charge in [-0.25, -0.2) is 8.42 Å². The Labute approximate surface area is 103 Å². The van der Waals surface area contributed by atoms with Crippen molar-refractivity contribution in [3.05, 3.63) is 0 Å². The Hall–Kier alpha value is -0.620. The fraction of sp³-hybridized carbons (Fsp3) is 0.909. The van der Waals surface area contributed by atoms with E-state index in [1.165, 1.54) is 17.0 Å². The Morgan fingerprint density at radius 1 is 1.24 bits per heavy atom. The SMILES string of the molecule is CS(=O)(=O)N(CC(=O)N1CCCCC1)C1CC1. The van der Waals surface area contributed by atoms with E-state index < -0.39 is 10.0 Å². The summed E-state index contributed by atoms with van der Waals surface area (Å²) in [5, 5.41) is 0. The summed E-state index contributed by atoms with van der Waals surface area (Å²) in [6.45, 7) is 1.59. The Morgan fingerprint density at radius 2 is 1.82 bits per heavy atom. The van der Waals surface area contributed by atoms with Gasteiger partial charge < -0.3 is 4.90 Å². The van der Waals surface area contributed by atoms with Crippen molar-refractivity contribution in [2.45, 2.75) is 38.1 Å². The summed E-state index contributed by atoms with van der Waals surface area (Å²) in [5.74, 6) is -0.0398. The molecule has 1 amide bonds. The van der Waals surface area contributed by atoms with Crippen LogP contribution in [-0.4, -0.2) is 55.5 Å². The van der Waals surface area contributed by atoms with Gasteiger partial charge in [0.15, 0.2) is 0 Å². The van der Waals surface area contributed by atoms with Crippen molar-refractivity contribution >= 4 is 15.9 Å². The molecule has 1 aliphatic carbocycles. The van der Waals surface area contributed by atoms with E-state index in [4.69, 9.17) is 0 Å². The molecular weight excluding hydrogens is 240 g/mol. The number of carbonyl (C=O) groups excluding carboxylic acids is 1. The lowest BCUT2D eigenvalue weighted by atomic mass is 10.1. The maximum atomic E-state index is 12.0. The molecule has 0 radical (unpaired) electrons. The topological polar surface area (TPSA) is 57.7 Å². The van der Waals surface area contributed by atoms with E-state index in [0.29, 0.717) is 0 Å². The zero-order chi connectivity index (χ0) is 12.5. The van der Waals surface area contributed by atoms with Gasteiger partial charge in [-0.15, -0.1) is 0 Å². The van der Waals surface area contributed by atoms with E-state index in [-0.39, 0.29) is 18.5 Å². The number of hydrogen-bond acceptors (Lipinski definition) is 3. The first kappa shape index (κ1) is 12.8. The summed E-state index contributed by atoms with van der Waals surface area (Å²) in [5.41, 5.74) is 0. The fourth-order valence-corrected chi connectivity index (χ4v) is 3.35. The maximum Gasteiger partial charge on any atom is 0.237 e. The highest BCUT2D eigenvalue weighted by Gasteiger charge is 2.37. The summed E-state index contributed by atoms with van der Waals surface area (Å²) in [4.78, 5) is 13.8. The highest BCUT2D eigenvalue weighted by atomic mass is 32.2. The maximum absolute atomic E-state index is 12.0. The number of sulfonamides is 1. The molecule has 5 nitrogen and oxygen atoms in total. The largest absolute Gasteiger partial charge is 0.342 e. The summed E-state index contributed by atoms with van der Waals surface area (Å²) >= 11 is 0. The van der Waals surface area contributed by atoms with Crippen molar-refractivity contribution in [1.29, 1.82) is 0 Å². The lowest BCUT2D eigenvalue weighted by Crippen LogP contribution is -2.45. The van der Waals surface area contributed by atoms with Crippen molar-refractivity contribution in [3.8, 4) is 0 Å². The lowest BCUT2D eigenvalue weighted by Gasteiger charge is -2.29. The fourth-order valence-electron chi connectivity index (χ4n) is 2.26. The van der Waals surface area contributed by atoms with Gasteiger partial charge in [0.05, 0.1) is 12.8 Å². The van der Waals surface area contributed by atoms with Gasteiger partial charge in [0.1, 0.15) is 0 Å². The first-order chi connectivity index (χ1) is 7.98. The van der Waals surface area contributed by atoms with E-state index >= 15 is 0 Å². The Kier molecular flexibility index (Phi) is 3.73. The van der Waals surface area contributed by atoms with E-state index in [1.54, 1.807) is 4.90 Å². The summed E-state index contributed by atoms with van der Waals surface area (Å²) in [6.07, 6.45) is 6.21. The molecule has 0 N–H and O–H groups in total. The summed E-state index contributed by atoms with van der Waals surface area (Å²) in [6, 6.07) is 0.0683. The van der Waals surface area contributed by atoms with Crippen molar-refractivity contribution in [1.82, 2.24) is 9.21 Å². The van der Waals surface area contributed by atoms with Crippen LogP contribution in [0.2, 0.25) is 0 Å². The molecule has 98 valence electrons. The van der Waals surface area contributed by atoms with Gasteiger partial charge in [-0.2, -0.15) is 4.31 Å². The monoisotopic (exact) mass is 260 g/mol. The van der Waals surface area contributed by atoms with Crippen LogP contribution >= 0.6 is 0 Å². The van der Waals surface area contributed by atoms with Crippen LogP contribution < -0.4 is 0 Å². The third kappa shape index (κ3) is 3.42. The highest BCUT2D eigenvalue weighted by molar-refractivity contribution is 7.88. The molecule has 2 rings (SSSR count). The Balaban J connectivity index is 1.95. The van der Waals surface area contributed by atoms with Gasteiger partial charge in [0, 0.05) is 19.1 Å². The number of piperidine rings is 1. The van der Waals surface area contributed by atoms with Gasteiger partial charge in [-0.3, -0.25) is 4.79 Å². The smallest absolute Gasteiger partial charge is 0.237 e. The summed E-state index contributed by atoms with van der Waals surface area (Å²) < 4.78 is 24.5. The van der Waals surface area contributed by atoms with Crippen molar-refractivity contribution in [2.75, 3.05) is 25.9 Å². The van der Waals surface area contributed by atoms with Crippen LogP contribution in [0.4, 0.5) is 0 Å². The minimum atomic E-state index is -3.25. The van der Waals surface area contributed by atoms with Gasteiger partial charge >= 0.3 is 0 Å². The third-order valence-electron chi connectivity index (χ3n) is 3.38. The van der Waals surface area contributed by atoms with Crippen LogP contribution in [0, 0.1) is 0 Å². The first-order valence-electron chi connectivity index (χ1n) is 6.23. The minimum Gasteiger partial charge on any atom is -0.342 e. The zero-order valence-electron chi connectivity index (χ0n) is 10.3. The molecule has 2 fully saturated rings. The standard InChI is InChI=1S/C11H20N2O3S/c1-17(15,16)13(10-5-6-10)9-11(14)12-7-3-2-4-8-12/h10H,2-9H2,1H3. The number of carbonyl (C=O) groups is 1. The molecule has 0 spiro atoms. The zero-order valence-corrected chi connectivity index (χ0v) is 11.1. The molecule has 1 heterocycles. The Bertz CT molecular complexity index is 384. The molecule has 0 unspecified atom stereocenters. The number of amides is 1. The molecule has 0 aromatic rings. The molecular formula is C11H20N2O3S. The number of likely N-dealkylation sites (tertiary alicyclic amines) is 1. The van der Waals surface area contributed by atoms with Crippen LogP contribution in [0.15, 0.2) is 0 Å². The quantitative estimate of drug-likeness (QED) is 0.736. The van der Waals surface area contributed by atoms with Crippen LogP contribution in [0.1, 0.15) is 32.1 Å². The first-order valence-corrected chi connectivity index (χ1v) is 8.08. The second-order valence-electron chi connectivity index (χ2n) is 4.98. The molecule has 0 aromatic heterocycles. The number of hydrogen-bond donors (Lipinski definition) is 0. The normalized spacial score (nSPS) is 21.9. The van der Waals surface area contributed by atoms with Crippen LogP contribution in [-0.2, 0) is 14.8 Å². The molecule has 6 heteroatoms.